The summed E-state index contributed by atoms with van der Waals surface area (Å²) in [5.74, 6) is 0.160. The minimum atomic E-state index is -0.353. The van der Waals surface area contributed by atoms with Crippen molar-refractivity contribution in [2.24, 2.45) is 0 Å². The van der Waals surface area contributed by atoms with Crippen molar-refractivity contribution in [2.75, 3.05) is 12.4 Å². The zero-order chi connectivity index (χ0) is 19.4. The highest BCUT2D eigenvalue weighted by molar-refractivity contribution is 9.10. The van der Waals surface area contributed by atoms with Gasteiger partial charge in [-0.05, 0) is 36.8 Å². The van der Waals surface area contributed by atoms with Crippen molar-refractivity contribution < 1.29 is 9.53 Å². The Morgan fingerprint density at radius 2 is 2.00 bits per heavy atom. The summed E-state index contributed by atoms with van der Waals surface area (Å²) in [5, 5.41) is 8.34. The van der Waals surface area contributed by atoms with Crippen LogP contribution in [0, 0.1) is 6.92 Å². The lowest BCUT2D eigenvalue weighted by Crippen LogP contribution is -2.34. The number of thiocarbonyl (C=S) groups is 1. The Morgan fingerprint density at radius 3 is 2.70 bits per heavy atom. The third kappa shape index (κ3) is 4.71. The number of nitrogens with zero attached hydrogens (tertiary/aromatic N) is 1. The molecule has 0 fully saturated rings. The summed E-state index contributed by atoms with van der Waals surface area (Å²) in [6, 6.07) is 13.4. The van der Waals surface area contributed by atoms with Gasteiger partial charge in [0.15, 0.2) is 10.2 Å². The van der Waals surface area contributed by atoms with Crippen LogP contribution < -0.4 is 15.4 Å². The van der Waals surface area contributed by atoms with E-state index in [1.165, 1.54) is 18.4 Å². The van der Waals surface area contributed by atoms with Gasteiger partial charge in [-0.15, -0.1) is 11.3 Å². The van der Waals surface area contributed by atoms with E-state index in [4.69, 9.17) is 17.0 Å². The van der Waals surface area contributed by atoms with E-state index in [1.807, 2.05) is 48.7 Å². The van der Waals surface area contributed by atoms with Crippen molar-refractivity contribution >= 4 is 55.6 Å². The van der Waals surface area contributed by atoms with Crippen LogP contribution >= 0.6 is 39.5 Å². The molecule has 0 radical (unpaired) electrons. The first kappa shape index (κ1) is 19.5. The molecule has 3 aromatic rings. The SMILES string of the molecule is COc1c(C)cc(Br)cc1C(=O)NC(=S)Nc1nc(-c2ccccc2)cs1. The van der Waals surface area contributed by atoms with Crippen molar-refractivity contribution in [3.05, 3.63) is 63.4 Å². The third-order valence-electron chi connectivity index (χ3n) is 3.71. The van der Waals surface area contributed by atoms with Gasteiger partial charge in [-0.1, -0.05) is 46.3 Å². The number of ether oxygens (including phenoxy) is 1. The third-order valence-corrected chi connectivity index (χ3v) is 5.13. The minimum absolute atomic E-state index is 0.175. The molecule has 0 aliphatic heterocycles. The Kier molecular flexibility index (Phi) is 6.20. The fraction of sp³-hybridized carbons (Fsp3) is 0.105. The number of aryl methyl sites for hydroxylation is 1. The van der Waals surface area contributed by atoms with E-state index in [-0.39, 0.29) is 11.0 Å². The number of carbonyl (C=O) groups is 1. The van der Waals surface area contributed by atoms with E-state index in [1.54, 1.807) is 6.07 Å². The maximum atomic E-state index is 12.6. The van der Waals surface area contributed by atoms with Crippen LogP contribution in [-0.2, 0) is 0 Å². The van der Waals surface area contributed by atoms with Gasteiger partial charge in [-0.3, -0.25) is 10.1 Å². The molecule has 0 spiro atoms. The molecule has 0 unspecified atom stereocenters. The molecule has 3 rings (SSSR count). The van der Waals surface area contributed by atoms with Crippen LogP contribution in [0.2, 0.25) is 0 Å². The lowest BCUT2D eigenvalue weighted by molar-refractivity contribution is 0.0974. The molecule has 0 saturated carbocycles. The van der Waals surface area contributed by atoms with Gasteiger partial charge in [0.2, 0.25) is 0 Å². The van der Waals surface area contributed by atoms with Gasteiger partial charge in [-0.25, -0.2) is 4.98 Å². The summed E-state index contributed by atoms with van der Waals surface area (Å²) in [4.78, 5) is 17.1. The molecule has 1 heterocycles. The van der Waals surface area contributed by atoms with Gasteiger partial charge in [0.25, 0.3) is 5.91 Å². The van der Waals surface area contributed by atoms with Gasteiger partial charge in [0, 0.05) is 15.4 Å². The summed E-state index contributed by atoms with van der Waals surface area (Å²) >= 11 is 10.1. The molecule has 138 valence electrons. The van der Waals surface area contributed by atoms with Gasteiger partial charge in [-0.2, -0.15) is 0 Å². The first-order chi connectivity index (χ1) is 13.0. The molecular weight excluding hydrogens is 446 g/mol. The number of hydrogen-bond acceptors (Lipinski definition) is 5. The molecule has 0 atom stereocenters. The average molecular weight is 462 g/mol. The van der Waals surface area contributed by atoms with Crippen molar-refractivity contribution in [1.82, 2.24) is 10.3 Å². The van der Waals surface area contributed by atoms with E-state index < -0.39 is 0 Å². The van der Waals surface area contributed by atoms with E-state index in [0.717, 1.165) is 21.3 Å². The molecule has 0 bridgehead atoms. The number of rotatable bonds is 4. The highest BCUT2D eigenvalue weighted by atomic mass is 79.9. The minimum Gasteiger partial charge on any atom is -0.496 e. The zero-order valence-electron chi connectivity index (χ0n) is 14.6. The van der Waals surface area contributed by atoms with Gasteiger partial charge >= 0.3 is 0 Å². The van der Waals surface area contributed by atoms with Crippen LogP contribution in [0.25, 0.3) is 11.3 Å². The Labute approximate surface area is 174 Å². The summed E-state index contributed by atoms with van der Waals surface area (Å²) in [6.07, 6.45) is 0. The van der Waals surface area contributed by atoms with Gasteiger partial charge in [0.1, 0.15) is 5.75 Å². The van der Waals surface area contributed by atoms with E-state index in [0.29, 0.717) is 16.4 Å². The number of benzene rings is 2. The molecule has 8 heteroatoms. The number of anilines is 1. The van der Waals surface area contributed by atoms with Crippen molar-refractivity contribution in [2.45, 2.75) is 6.92 Å². The second-order valence-corrected chi connectivity index (χ2v) is 7.80. The lowest BCUT2D eigenvalue weighted by Gasteiger charge is -2.13. The number of carbonyl (C=O) groups excluding carboxylic acids is 1. The Hall–Kier alpha value is -2.29. The summed E-state index contributed by atoms with van der Waals surface area (Å²) in [5.41, 5.74) is 3.12. The summed E-state index contributed by atoms with van der Waals surface area (Å²) in [7, 11) is 1.53. The highest BCUT2D eigenvalue weighted by Crippen LogP contribution is 2.28. The standard InChI is InChI=1S/C19H16BrN3O2S2/c1-11-8-13(20)9-14(16(11)25-2)17(24)22-18(26)23-19-21-15(10-27-19)12-6-4-3-5-7-12/h3-10H,1-2H3,(H2,21,22,23,24,26). The number of thiazole rings is 1. The molecule has 0 aliphatic rings. The van der Waals surface area contributed by atoms with Crippen LogP contribution in [0.5, 0.6) is 5.75 Å². The van der Waals surface area contributed by atoms with Crippen molar-refractivity contribution in [3.8, 4) is 17.0 Å². The first-order valence-electron chi connectivity index (χ1n) is 7.95. The fourth-order valence-electron chi connectivity index (χ4n) is 2.54. The molecule has 0 aliphatic carbocycles. The Balaban J connectivity index is 1.70. The molecule has 2 aromatic carbocycles. The molecule has 0 saturated heterocycles. The van der Waals surface area contributed by atoms with E-state index in [9.17, 15) is 4.79 Å². The Morgan fingerprint density at radius 1 is 1.26 bits per heavy atom. The number of halogens is 1. The number of methoxy groups -OCH3 is 1. The smallest absolute Gasteiger partial charge is 0.261 e. The molecule has 2 N–H and O–H groups in total. The van der Waals surface area contributed by atoms with Gasteiger partial charge in [0.05, 0.1) is 18.4 Å². The van der Waals surface area contributed by atoms with Crippen molar-refractivity contribution in [3.63, 3.8) is 0 Å². The number of nitrogens with one attached hydrogen (secondary N) is 2. The maximum absolute atomic E-state index is 12.6. The number of amides is 1. The van der Waals surface area contributed by atoms with Crippen LogP contribution in [0.4, 0.5) is 5.13 Å². The first-order valence-corrected chi connectivity index (χ1v) is 10.0. The second kappa shape index (κ2) is 8.60. The maximum Gasteiger partial charge on any atom is 0.261 e. The molecule has 1 aromatic heterocycles. The van der Waals surface area contributed by atoms with E-state index in [2.05, 4.69) is 31.5 Å². The molecule has 1 amide bonds. The zero-order valence-corrected chi connectivity index (χ0v) is 17.8. The summed E-state index contributed by atoms with van der Waals surface area (Å²) in [6.45, 7) is 1.87. The topological polar surface area (TPSA) is 63.2 Å². The monoisotopic (exact) mass is 461 g/mol. The van der Waals surface area contributed by atoms with Crippen LogP contribution in [-0.4, -0.2) is 23.1 Å². The fourth-order valence-corrected chi connectivity index (χ4v) is 4.09. The normalized spacial score (nSPS) is 10.3. The largest absolute Gasteiger partial charge is 0.496 e. The van der Waals surface area contributed by atoms with Crippen molar-refractivity contribution in [1.29, 1.82) is 0 Å². The number of aromatic nitrogens is 1. The van der Waals surface area contributed by atoms with E-state index >= 15 is 0 Å². The predicted molar refractivity (Wildman–Crippen MR) is 117 cm³/mol. The van der Waals surface area contributed by atoms with Crippen LogP contribution in [0.3, 0.4) is 0 Å². The Bertz CT molecular complexity index is 990. The lowest BCUT2D eigenvalue weighted by atomic mass is 10.1. The predicted octanol–water partition coefficient (Wildman–Crippen LogP) is 5.02. The highest BCUT2D eigenvalue weighted by Gasteiger charge is 2.17. The molecule has 27 heavy (non-hydrogen) atoms. The molecule has 5 nitrogen and oxygen atoms in total. The average Bonchev–Trinajstić information content (AvgIpc) is 3.10. The summed E-state index contributed by atoms with van der Waals surface area (Å²) < 4.78 is 6.14. The number of hydrogen-bond donors (Lipinski definition) is 2. The van der Waals surface area contributed by atoms with Crippen LogP contribution in [0.1, 0.15) is 15.9 Å². The van der Waals surface area contributed by atoms with Crippen LogP contribution in [0.15, 0.2) is 52.3 Å². The second-order valence-electron chi connectivity index (χ2n) is 5.62. The molecular formula is C19H16BrN3O2S2. The van der Waals surface area contributed by atoms with Gasteiger partial charge < -0.3 is 10.1 Å². The quantitative estimate of drug-likeness (QED) is 0.534.